The normalized spacial score (nSPS) is 12.3. The van der Waals surface area contributed by atoms with E-state index in [2.05, 4.69) is 0 Å². The van der Waals surface area contributed by atoms with Gasteiger partial charge < -0.3 is 9.84 Å². The van der Waals surface area contributed by atoms with E-state index in [9.17, 15) is 9.50 Å². The van der Waals surface area contributed by atoms with E-state index in [1.807, 2.05) is 0 Å². The second-order valence-corrected chi connectivity index (χ2v) is 4.78. The lowest BCUT2D eigenvalue weighted by molar-refractivity contribution is 0.219. The summed E-state index contributed by atoms with van der Waals surface area (Å²) in [7, 11) is 1.51. The molecular weight excluding hydrogens is 290 g/mol. The summed E-state index contributed by atoms with van der Waals surface area (Å²) in [5.74, 6) is -0.0577. The molecule has 5 heteroatoms. The number of aliphatic hydroxyl groups is 1. The number of halogens is 3. The van der Waals surface area contributed by atoms with Crippen LogP contribution in [0.25, 0.3) is 0 Å². The van der Waals surface area contributed by atoms with Crippen LogP contribution in [0.1, 0.15) is 17.2 Å². The fourth-order valence-corrected chi connectivity index (χ4v) is 2.11. The van der Waals surface area contributed by atoms with Crippen molar-refractivity contribution in [2.24, 2.45) is 0 Å². The summed E-state index contributed by atoms with van der Waals surface area (Å²) < 4.78 is 18.4. The van der Waals surface area contributed by atoms with Gasteiger partial charge in [0.25, 0.3) is 0 Å². The van der Waals surface area contributed by atoms with Crippen LogP contribution in [0.3, 0.4) is 0 Å². The number of benzene rings is 2. The molecule has 2 nitrogen and oxygen atoms in total. The third-order valence-electron chi connectivity index (χ3n) is 2.75. The molecule has 0 aliphatic heterocycles. The fraction of sp³-hybridized carbons (Fsp3) is 0.143. The Hall–Kier alpha value is -1.29. The van der Waals surface area contributed by atoms with Crippen molar-refractivity contribution < 1.29 is 14.2 Å². The largest absolute Gasteiger partial charge is 0.495 e. The Kier molecular flexibility index (Phi) is 4.30. The Labute approximate surface area is 120 Å². The topological polar surface area (TPSA) is 29.5 Å². The molecule has 1 N–H and O–H groups in total. The molecule has 2 rings (SSSR count). The van der Waals surface area contributed by atoms with Gasteiger partial charge in [0.1, 0.15) is 17.7 Å². The summed E-state index contributed by atoms with van der Waals surface area (Å²) in [5, 5.41) is 10.6. The molecule has 100 valence electrons. The van der Waals surface area contributed by atoms with Crippen molar-refractivity contribution in [3.05, 3.63) is 63.4 Å². The minimum atomic E-state index is -0.977. The van der Waals surface area contributed by atoms with Crippen LogP contribution in [0.2, 0.25) is 10.0 Å². The van der Waals surface area contributed by atoms with Gasteiger partial charge in [-0.2, -0.15) is 0 Å². The zero-order valence-electron chi connectivity index (χ0n) is 10.0. The molecule has 0 bridgehead atoms. The summed E-state index contributed by atoms with van der Waals surface area (Å²) in [6, 6.07) is 9.06. The Morgan fingerprint density at radius 1 is 1.05 bits per heavy atom. The predicted molar refractivity (Wildman–Crippen MR) is 73.5 cm³/mol. The van der Waals surface area contributed by atoms with E-state index < -0.39 is 11.9 Å². The summed E-state index contributed by atoms with van der Waals surface area (Å²) in [6.45, 7) is 0. The Morgan fingerprint density at radius 2 is 1.68 bits per heavy atom. The number of aliphatic hydroxyl groups excluding tert-OH is 1. The third kappa shape index (κ3) is 3.00. The molecule has 2 aromatic carbocycles. The predicted octanol–water partition coefficient (Wildman–Crippen LogP) is 4.22. The van der Waals surface area contributed by atoms with Gasteiger partial charge in [-0.25, -0.2) is 4.39 Å². The van der Waals surface area contributed by atoms with Gasteiger partial charge in [-0.15, -0.1) is 0 Å². The zero-order valence-corrected chi connectivity index (χ0v) is 11.5. The first-order chi connectivity index (χ1) is 9.02. The second kappa shape index (κ2) is 5.78. The maximum Gasteiger partial charge on any atom is 0.142 e. The van der Waals surface area contributed by atoms with E-state index >= 15 is 0 Å². The molecule has 0 heterocycles. The van der Waals surface area contributed by atoms with E-state index in [4.69, 9.17) is 27.9 Å². The summed E-state index contributed by atoms with van der Waals surface area (Å²) in [6.07, 6.45) is -0.977. The van der Waals surface area contributed by atoms with Crippen LogP contribution in [0.5, 0.6) is 5.75 Å². The van der Waals surface area contributed by atoms with Gasteiger partial charge in [-0.1, -0.05) is 35.3 Å². The molecule has 0 aromatic heterocycles. The van der Waals surface area contributed by atoms with Crippen molar-refractivity contribution in [2.45, 2.75) is 6.10 Å². The summed E-state index contributed by atoms with van der Waals surface area (Å²) >= 11 is 11.6. The number of methoxy groups -OCH3 is 1. The van der Waals surface area contributed by atoms with Crippen LogP contribution in [-0.2, 0) is 0 Å². The minimum Gasteiger partial charge on any atom is -0.495 e. The van der Waals surface area contributed by atoms with Gasteiger partial charge >= 0.3 is 0 Å². The second-order valence-electron chi connectivity index (χ2n) is 3.97. The van der Waals surface area contributed by atoms with Crippen LogP contribution in [0.4, 0.5) is 4.39 Å². The molecule has 2 aromatic rings. The van der Waals surface area contributed by atoms with E-state index in [1.54, 1.807) is 24.3 Å². The molecule has 0 fully saturated rings. The minimum absolute atomic E-state index is 0.0173. The number of ether oxygens (including phenoxy) is 1. The van der Waals surface area contributed by atoms with Crippen LogP contribution in [0.15, 0.2) is 36.4 Å². The molecule has 0 aliphatic rings. The highest BCUT2D eigenvalue weighted by Gasteiger charge is 2.14. The quantitative estimate of drug-likeness (QED) is 0.919. The highest BCUT2D eigenvalue weighted by Crippen LogP contribution is 2.31. The average molecular weight is 301 g/mol. The van der Waals surface area contributed by atoms with Crippen LogP contribution in [-0.4, -0.2) is 12.2 Å². The van der Waals surface area contributed by atoms with E-state index in [0.29, 0.717) is 21.9 Å². The van der Waals surface area contributed by atoms with Crippen LogP contribution in [0, 0.1) is 5.82 Å². The highest BCUT2D eigenvalue weighted by atomic mass is 35.5. The molecule has 0 saturated carbocycles. The molecular formula is C14H11Cl2FO2. The maximum atomic E-state index is 13.4. The molecule has 0 spiro atoms. The molecule has 19 heavy (non-hydrogen) atoms. The maximum absolute atomic E-state index is 13.4. The monoisotopic (exact) mass is 300 g/mol. The summed E-state index contributed by atoms with van der Waals surface area (Å²) in [4.78, 5) is 0. The molecule has 1 unspecified atom stereocenters. The number of hydrogen-bond donors (Lipinski definition) is 1. The van der Waals surface area contributed by atoms with Crippen LogP contribution >= 0.6 is 23.2 Å². The van der Waals surface area contributed by atoms with Crippen molar-refractivity contribution in [2.75, 3.05) is 7.11 Å². The van der Waals surface area contributed by atoms with Gasteiger partial charge in [-0.05, 0) is 35.4 Å². The van der Waals surface area contributed by atoms with Gasteiger partial charge in [0, 0.05) is 0 Å². The van der Waals surface area contributed by atoms with Gasteiger partial charge in [-0.3, -0.25) is 0 Å². The molecule has 0 amide bonds. The molecule has 1 atom stereocenters. The lowest BCUT2D eigenvalue weighted by Gasteiger charge is -2.13. The fourth-order valence-electron chi connectivity index (χ4n) is 1.73. The lowest BCUT2D eigenvalue weighted by atomic mass is 10.0. The number of hydrogen-bond acceptors (Lipinski definition) is 2. The first kappa shape index (κ1) is 14.1. The Bertz CT molecular complexity index is 602. The number of rotatable bonds is 3. The highest BCUT2D eigenvalue weighted by molar-refractivity contribution is 6.32. The Morgan fingerprint density at radius 3 is 2.26 bits per heavy atom. The third-order valence-corrected chi connectivity index (χ3v) is 3.35. The van der Waals surface area contributed by atoms with Gasteiger partial charge in [0.2, 0.25) is 0 Å². The van der Waals surface area contributed by atoms with Crippen molar-refractivity contribution >= 4 is 23.2 Å². The van der Waals surface area contributed by atoms with E-state index in [-0.39, 0.29) is 5.02 Å². The summed E-state index contributed by atoms with van der Waals surface area (Å²) in [5.41, 5.74) is 0.954. The van der Waals surface area contributed by atoms with Gasteiger partial charge in [0.15, 0.2) is 0 Å². The lowest BCUT2D eigenvalue weighted by Crippen LogP contribution is -2.00. The van der Waals surface area contributed by atoms with Crippen molar-refractivity contribution in [1.29, 1.82) is 0 Å². The SMILES string of the molecule is COc1ccc(C(O)c2ccc(Cl)c(F)c2)cc1Cl. The molecule has 0 radical (unpaired) electrons. The average Bonchev–Trinajstić information content (AvgIpc) is 2.41. The zero-order chi connectivity index (χ0) is 14.0. The smallest absolute Gasteiger partial charge is 0.142 e. The van der Waals surface area contributed by atoms with Crippen molar-refractivity contribution in [3.8, 4) is 5.75 Å². The van der Waals surface area contributed by atoms with E-state index in [1.165, 1.54) is 19.2 Å². The molecule has 0 aliphatic carbocycles. The van der Waals surface area contributed by atoms with Gasteiger partial charge in [0.05, 0.1) is 17.2 Å². The van der Waals surface area contributed by atoms with E-state index in [0.717, 1.165) is 0 Å². The first-order valence-electron chi connectivity index (χ1n) is 5.49. The Balaban J connectivity index is 2.35. The standard InChI is InChI=1S/C14H11Cl2FO2/c1-19-13-5-3-8(6-11(13)16)14(18)9-2-4-10(15)12(17)7-9/h2-7,14,18H,1H3. The van der Waals surface area contributed by atoms with Crippen LogP contribution < -0.4 is 4.74 Å². The van der Waals surface area contributed by atoms with Crippen molar-refractivity contribution in [3.63, 3.8) is 0 Å². The molecule has 0 saturated heterocycles. The van der Waals surface area contributed by atoms with Crippen molar-refractivity contribution in [1.82, 2.24) is 0 Å². The first-order valence-corrected chi connectivity index (χ1v) is 6.25.